The van der Waals surface area contributed by atoms with Crippen molar-refractivity contribution in [3.63, 3.8) is 0 Å². The number of ether oxygens (including phenoxy) is 1. The first kappa shape index (κ1) is 30.5. The first-order chi connectivity index (χ1) is 19.0. The molecule has 0 N–H and O–H groups in total. The number of benzene rings is 3. The van der Waals surface area contributed by atoms with Crippen molar-refractivity contribution in [2.24, 2.45) is 0 Å². The third-order valence-electron chi connectivity index (χ3n) is 7.29. The lowest BCUT2D eigenvalue weighted by atomic mass is 9.74. The van der Waals surface area contributed by atoms with Crippen LogP contribution >= 0.6 is 0 Å². The topological polar surface area (TPSA) is 90.0 Å². The van der Waals surface area contributed by atoms with Crippen molar-refractivity contribution in [2.75, 3.05) is 0 Å². The minimum atomic E-state index is -4.24. The van der Waals surface area contributed by atoms with Gasteiger partial charge in [-0.05, 0) is 65.5 Å². The summed E-state index contributed by atoms with van der Waals surface area (Å²) < 4.78 is 40.5. The highest BCUT2D eigenvalue weighted by Crippen LogP contribution is 2.32. The highest BCUT2D eigenvalue weighted by Gasteiger charge is 2.56. The Hall–Kier alpha value is -3.43. The molecule has 0 unspecified atom stereocenters. The van der Waals surface area contributed by atoms with Gasteiger partial charge in [0.1, 0.15) is 6.10 Å². The molecule has 3 aromatic rings. The summed E-state index contributed by atoms with van der Waals surface area (Å²) in [5.74, 6) is -1.42. The lowest BCUT2D eigenvalue weighted by Gasteiger charge is -2.28. The molecule has 0 radical (unpaired) electrons. The minimum absolute atomic E-state index is 0.0126. The van der Waals surface area contributed by atoms with Gasteiger partial charge in [-0.3, -0.25) is 4.79 Å². The molecule has 0 bridgehead atoms. The van der Waals surface area contributed by atoms with Gasteiger partial charge < -0.3 is 9.39 Å². The highest BCUT2D eigenvalue weighted by atomic mass is 32.2. The van der Waals surface area contributed by atoms with Gasteiger partial charge in [-0.15, -0.1) is 0 Å². The number of hydrogen-bond donors (Lipinski definition) is 0. The van der Waals surface area contributed by atoms with E-state index < -0.39 is 41.2 Å². The first-order valence-corrected chi connectivity index (χ1v) is 15.2. The van der Waals surface area contributed by atoms with Crippen molar-refractivity contribution in [3.05, 3.63) is 95.1 Å². The SMILES string of the molecule is Cc1ccc(S(=O)(=O)N2B(c3ccccc3)OC(=O)[C@@H]2[C@H](C)OC(=O)c2cc(C(C)(C)C)cc(C(C)(C)C)c2)cc1. The van der Waals surface area contributed by atoms with Crippen LogP contribution in [0.25, 0.3) is 0 Å². The molecular formula is C32H38BNO6S. The van der Waals surface area contributed by atoms with Crippen molar-refractivity contribution >= 4 is 34.5 Å². The van der Waals surface area contributed by atoms with E-state index in [-0.39, 0.29) is 15.7 Å². The number of carbonyl (C=O) groups excluding carboxylic acids is 2. The van der Waals surface area contributed by atoms with Gasteiger partial charge in [-0.2, -0.15) is 4.22 Å². The molecule has 1 heterocycles. The van der Waals surface area contributed by atoms with E-state index in [2.05, 4.69) is 47.6 Å². The van der Waals surface area contributed by atoms with Crippen LogP contribution in [0.4, 0.5) is 0 Å². The second-order valence-electron chi connectivity index (χ2n) is 12.7. The van der Waals surface area contributed by atoms with Crippen LogP contribution in [0.2, 0.25) is 0 Å². The van der Waals surface area contributed by atoms with Crippen molar-refractivity contribution in [1.82, 2.24) is 4.22 Å². The molecule has 41 heavy (non-hydrogen) atoms. The predicted molar refractivity (Wildman–Crippen MR) is 161 cm³/mol. The maximum Gasteiger partial charge on any atom is 0.502 e. The van der Waals surface area contributed by atoms with Crippen LogP contribution in [0.1, 0.15) is 75.5 Å². The van der Waals surface area contributed by atoms with Gasteiger partial charge in [-0.25, -0.2) is 13.2 Å². The smallest absolute Gasteiger partial charge is 0.502 e. The van der Waals surface area contributed by atoms with E-state index in [1.807, 2.05) is 6.92 Å². The summed E-state index contributed by atoms with van der Waals surface area (Å²) in [5.41, 5.74) is 3.22. The Bertz CT molecular complexity index is 1510. The fraction of sp³-hybridized carbons (Fsp3) is 0.375. The molecule has 4 rings (SSSR count). The van der Waals surface area contributed by atoms with E-state index in [9.17, 15) is 18.0 Å². The van der Waals surface area contributed by atoms with Gasteiger partial charge in [0.2, 0.25) is 10.0 Å². The summed E-state index contributed by atoms with van der Waals surface area (Å²) in [7, 11) is -5.45. The van der Waals surface area contributed by atoms with E-state index in [1.54, 1.807) is 54.6 Å². The summed E-state index contributed by atoms with van der Waals surface area (Å²) in [6.07, 6.45) is -1.14. The predicted octanol–water partition coefficient (Wildman–Crippen LogP) is 5.15. The van der Waals surface area contributed by atoms with Crippen molar-refractivity contribution < 1.29 is 27.4 Å². The average Bonchev–Trinajstić information content (AvgIpc) is 3.26. The van der Waals surface area contributed by atoms with Gasteiger partial charge in [0.05, 0.1) is 10.5 Å². The normalized spacial score (nSPS) is 17.3. The largest absolute Gasteiger partial charge is 0.514 e. The zero-order valence-corrected chi connectivity index (χ0v) is 25.8. The van der Waals surface area contributed by atoms with Crippen molar-refractivity contribution in [2.45, 2.75) is 83.3 Å². The Balaban J connectivity index is 1.73. The summed E-state index contributed by atoms with van der Waals surface area (Å²) >= 11 is 0. The molecular weight excluding hydrogens is 537 g/mol. The second kappa shape index (κ2) is 11.1. The van der Waals surface area contributed by atoms with E-state index >= 15 is 0 Å². The Morgan fingerprint density at radius 1 is 0.902 bits per heavy atom. The molecule has 0 spiro atoms. The zero-order chi connectivity index (χ0) is 30.3. The molecule has 0 saturated carbocycles. The highest BCUT2D eigenvalue weighted by molar-refractivity contribution is 7.90. The van der Waals surface area contributed by atoms with Crippen LogP contribution in [0.3, 0.4) is 0 Å². The van der Waals surface area contributed by atoms with Crippen LogP contribution in [0, 0.1) is 6.92 Å². The number of nitrogens with zero attached hydrogens (tertiary/aromatic N) is 1. The zero-order valence-electron chi connectivity index (χ0n) is 25.0. The molecule has 3 aromatic carbocycles. The van der Waals surface area contributed by atoms with E-state index in [0.717, 1.165) is 20.9 Å². The summed E-state index contributed by atoms with van der Waals surface area (Å²) in [6.45, 7) is 15.8. The van der Waals surface area contributed by atoms with Gasteiger partial charge >= 0.3 is 19.0 Å². The van der Waals surface area contributed by atoms with Crippen molar-refractivity contribution in [3.8, 4) is 0 Å². The molecule has 216 valence electrons. The number of aryl methyl sites for hydroxylation is 1. The molecule has 1 saturated heterocycles. The van der Waals surface area contributed by atoms with Gasteiger partial charge in [0.25, 0.3) is 0 Å². The standard InChI is InChI=1S/C32H38BNO6S/c1-21-14-16-27(17-15-21)41(37,38)34-28(30(36)40-33(34)26-12-10-9-11-13-26)22(2)39-29(35)23-18-24(31(3,4)5)20-25(19-23)32(6,7)8/h9-20,22,28H,1-8H3/t22-,28-/m0/s1. The van der Waals surface area contributed by atoms with Gasteiger partial charge in [0, 0.05) is 0 Å². The molecule has 9 heteroatoms. The van der Waals surface area contributed by atoms with E-state index in [4.69, 9.17) is 9.39 Å². The molecule has 0 amide bonds. The maximum absolute atomic E-state index is 14.0. The van der Waals surface area contributed by atoms with Crippen LogP contribution in [0.15, 0.2) is 77.7 Å². The fourth-order valence-electron chi connectivity index (χ4n) is 4.73. The fourth-order valence-corrected chi connectivity index (χ4v) is 6.43. The van der Waals surface area contributed by atoms with Gasteiger partial charge in [0.15, 0.2) is 6.04 Å². The molecule has 1 aliphatic rings. The first-order valence-electron chi connectivity index (χ1n) is 13.7. The summed E-state index contributed by atoms with van der Waals surface area (Å²) in [4.78, 5) is 26.9. The lowest BCUT2D eigenvalue weighted by Crippen LogP contribution is -2.54. The van der Waals surface area contributed by atoms with Gasteiger partial charge in [-0.1, -0.05) is 95.6 Å². The number of esters is 1. The van der Waals surface area contributed by atoms with Crippen LogP contribution in [-0.2, 0) is 35.0 Å². The quantitative estimate of drug-likeness (QED) is 0.299. The average molecular weight is 576 g/mol. The van der Waals surface area contributed by atoms with Crippen LogP contribution in [0.5, 0.6) is 0 Å². The van der Waals surface area contributed by atoms with E-state index in [0.29, 0.717) is 11.0 Å². The van der Waals surface area contributed by atoms with Crippen molar-refractivity contribution in [1.29, 1.82) is 0 Å². The van der Waals surface area contributed by atoms with Crippen LogP contribution < -0.4 is 5.46 Å². The lowest BCUT2D eigenvalue weighted by molar-refractivity contribution is -0.136. The van der Waals surface area contributed by atoms with E-state index in [1.165, 1.54) is 19.1 Å². The number of carbonyl (C=O) groups is 2. The maximum atomic E-state index is 14.0. The number of sulfonamides is 1. The number of rotatable bonds is 6. The molecule has 1 aliphatic heterocycles. The molecule has 1 fully saturated rings. The number of hydrogen-bond acceptors (Lipinski definition) is 6. The molecule has 0 aromatic heterocycles. The molecule has 0 aliphatic carbocycles. The minimum Gasteiger partial charge on any atom is -0.514 e. The Kier molecular flexibility index (Phi) is 8.27. The molecule has 7 nitrogen and oxygen atoms in total. The summed E-state index contributed by atoms with van der Waals surface area (Å²) in [6, 6.07) is 19.3. The Morgan fingerprint density at radius 3 is 1.95 bits per heavy atom. The Labute approximate surface area is 244 Å². The third kappa shape index (κ3) is 6.41. The second-order valence-corrected chi connectivity index (χ2v) is 14.5. The Morgan fingerprint density at radius 2 is 1.44 bits per heavy atom. The third-order valence-corrected chi connectivity index (χ3v) is 9.14. The monoisotopic (exact) mass is 575 g/mol. The summed E-state index contributed by atoms with van der Waals surface area (Å²) in [5, 5.41) is 0. The molecule has 2 atom stereocenters. The van der Waals surface area contributed by atoms with Crippen LogP contribution in [-0.4, -0.2) is 43.8 Å².